The summed E-state index contributed by atoms with van der Waals surface area (Å²) in [5, 5.41) is 10.1. The van der Waals surface area contributed by atoms with Gasteiger partial charge in [0.05, 0.1) is 22.6 Å². The predicted molar refractivity (Wildman–Crippen MR) is 106 cm³/mol. The number of carboxylic acids is 1. The summed E-state index contributed by atoms with van der Waals surface area (Å²) in [4.78, 5) is 23.6. The molecule has 2 aromatic carbocycles. The van der Waals surface area contributed by atoms with Crippen LogP contribution in [0, 0.1) is 12.3 Å². The highest BCUT2D eigenvalue weighted by molar-refractivity contribution is 5.78. The first-order chi connectivity index (χ1) is 13.1. The van der Waals surface area contributed by atoms with Crippen LogP contribution in [0.4, 0.5) is 5.82 Å². The number of rotatable bonds is 4. The average Bonchev–Trinajstić information content (AvgIpc) is 2.69. The van der Waals surface area contributed by atoms with Crippen LogP contribution in [0.15, 0.2) is 54.7 Å². The smallest absolute Gasteiger partial charge is 0.311 e. The maximum atomic E-state index is 12.3. The van der Waals surface area contributed by atoms with Gasteiger partial charge in [0.25, 0.3) is 0 Å². The number of aliphatic carboxylic acids is 1. The van der Waals surface area contributed by atoms with Crippen LogP contribution in [0.5, 0.6) is 0 Å². The Balaban J connectivity index is 1.65. The van der Waals surface area contributed by atoms with Crippen molar-refractivity contribution in [1.29, 1.82) is 0 Å². The molecule has 0 spiro atoms. The van der Waals surface area contributed by atoms with Gasteiger partial charge in [0.2, 0.25) is 0 Å². The zero-order chi connectivity index (χ0) is 18.9. The molecule has 1 unspecified atom stereocenters. The first-order valence-corrected chi connectivity index (χ1v) is 9.32. The van der Waals surface area contributed by atoms with Gasteiger partial charge >= 0.3 is 5.97 Å². The van der Waals surface area contributed by atoms with E-state index in [0.717, 1.165) is 40.9 Å². The highest BCUT2D eigenvalue weighted by Gasteiger charge is 2.43. The molecule has 0 radical (unpaired) electrons. The van der Waals surface area contributed by atoms with Crippen molar-refractivity contribution in [2.75, 3.05) is 18.0 Å². The maximum Gasteiger partial charge on any atom is 0.311 e. The molecule has 1 aliphatic rings. The molecule has 1 N–H and O–H groups in total. The quantitative estimate of drug-likeness (QED) is 0.764. The van der Waals surface area contributed by atoms with Crippen LogP contribution >= 0.6 is 0 Å². The molecule has 0 saturated carbocycles. The summed E-state index contributed by atoms with van der Waals surface area (Å²) in [6.45, 7) is 3.29. The molecule has 2 heterocycles. The summed E-state index contributed by atoms with van der Waals surface area (Å²) in [5.41, 5.74) is 3.12. The molecule has 1 saturated heterocycles. The van der Waals surface area contributed by atoms with E-state index in [-0.39, 0.29) is 0 Å². The van der Waals surface area contributed by atoms with Crippen LogP contribution in [0.3, 0.4) is 0 Å². The minimum absolute atomic E-state index is 0.448. The van der Waals surface area contributed by atoms with E-state index in [9.17, 15) is 9.90 Å². The molecule has 0 amide bonds. The van der Waals surface area contributed by atoms with Gasteiger partial charge in [-0.15, -0.1) is 0 Å². The number of hydrogen-bond donors (Lipinski definition) is 1. The van der Waals surface area contributed by atoms with E-state index < -0.39 is 11.4 Å². The number of aromatic nitrogens is 2. The second-order valence-corrected chi connectivity index (χ2v) is 7.43. The van der Waals surface area contributed by atoms with Crippen LogP contribution < -0.4 is 4.90 Å². The van der Waals surface area contributed by atoms with Crippen molar-refractivity contribution in [2.24, 2.45) is 5.41 Å². The van der Waals surface area contributed by atoms with Crippen molar-refractivity contribution in [3.05, 3.63) is 65.9 Å². The number of carboxylic acid groups (broad SMARTS) is 1. The first-order valence-electron chi connectivity index (χ1n) is 9.32. The Bertz CT molecular complexity index is 988. The zero-order valence-electron chi connectivity index (χ0n) is 15.4. The Hall–Kier alpha value is -2.95. The third-order valence-electron chi connectivity index (χ3n) is 5.58. The summed E-state index contributed by atoms with van der Waals surface area (Å²) >= 11 is 0. The number of carbonyl (C=O) groups is 1. The SMILES string of the molecule is Cc1ccccc1CC1(C(=O)O)CCCN(c2cnc3ccccc3n2)C1. The molecule has 5 nitrogen and oxygen atoms in total. The lowest BCUT2D eigenvalue weighted by Gasteiger charge is -2.40. The Labute approximate surface area is 158 Å². The van der Waals surface area contributed by atoms with Crippen molar-refractivity contribution in [3.63, 3.8) is 0 Å². The highest BCUT2D eigenvalue weighted by Crippen LogP contribution is 2.36. The molecule has 3 aromatic rings. The van der Waals surface area contributed by atoms with E-state index in [1.807, 2.05) is 55.5 Å². The molecule has 138 valence electrons. The second-order valence-electron chi connectivity index (χ2n) is 7.43. The zero-order valence-corrected chi connectivity index (χ0v) is 15.4. The van der Waals surface area contributed by atoms with E-state index in [1.165, 1.54) is 0 Å². The molecule has 1 fully saturated rings. The molecular formula is C22H23N3O2. The highest BCUT2D eigenvalue weighted by atomic mass is 16.4. The molecule has 0 aliphatic carbocycles. The van der Waals surface area contributed by atoms with E-state index in [2.05, 4.69) is 9.88 Å². The lowest BCUT2D eigenvalue weighted by Crippen LogP contribution is -2.49. The predicted octanol–water partition coefficient (Wildman–Crippen LogP) is 3.85. The standard InChI is InChI=1S/C22H23N3O2/c1-16-7-2-3-8-17(16)13-22(21(26)27)11-6-12-25(15-22)20-14-23-18-9-4-5-10-19(18)24-20/h2-5,7-10,14H,6,11-13,15H2,1H3,(H,26,27). The average molecular weight is 361 g/mol. The van der Waals surface area contributed by atoms with Crippen LogP contribution in [0.2, 0.25) is 0 Å². The van der Waals surface area contributed by atoms with Crippen molar-refractivity contribution in [3.8, 4) is 0 Å². The van der Waals surface area contributed by atoms with E-state index in [4.69, 9.17) is 4.98 Å². The summed E-state index contributed by atoms with van der Waals surface area (Å²) in [6.07, 6.45) is 3.79. The fraction of sp³-hybridized carbons (Fsp3) is 0.318. The number of hydrogen-bond acceptors (Lipinski definition) is 4. The lowest BCUT2D eigenvalue weighted by atomic mass is 9.74. The molecule has 1 atom stereocenters. The molecule has 27 heavy (non-hydrogen) atoms. The Morgan fingerprint density at radius 1 is 1.15 bits per heavy atom. The molecule has 0 bridgehead atoms. The van der Waals surface area contributed by atoms with Gasteiger partial charge in [0.1, 0.15) is 5.82 Å². The summed E-state index contributed by atoms with van der Waals surface area (Å²) in [7, 11) is 0. The fourth-order valence-electron chi connectivity index (χ4n) is 3.99. The van der Waals surface area contributed by atoms with Crippen LogP contribution in [0.25, 0.3) is 11.0 Å². The number of aryl methyl sites for hydroxylation is 1. The van der Waals surface area contributed by atoms with Crippen molar-refractivity contribution < 1.29 is 9.90 Å². The Kier molecular flexibility index (Phi) is 4.52. The number of fused-ring (bicyclic) bond motifs is 1. The number of para-hydroxylation sites is 2. The molecule has 5 heteroatoms. The van der Waals surface area contributed by atoms with Crippen LogP contribution in [0.1, 0.15) is 24.0 Å². The van der Waals surface area contributed by atoms with Gasteiger partial charge in [-0.2, -0.15) is 0 Å². The first kappa shape index (κ1) is 17.5. The molecular weight excluding hydrogens is 338 g/mol. The second kappa shape index (κ2) is 6.99. The monoisotopic (exact) mass is 361 g/mol. The summed E-state index contributed by atoms with van der Waals surface area (Å²) in [6, 6.07) is 15.8. The molecule has 4 rings (SSSR count). The van der Waals surface area contributed by atoms with Gasteiger partial charge in [-0.25, -0.2) is 4.98 Å². The third kappa shape index (κ3) is 3.37. The van der Waals surface area contributed by atoms with Gasteiger partial charge < -0.3 is 10.0 Å². The topological polar surface area (TPSA) is 66.3 Å². The largest absolute Gasteiger partial charge is 0.481 e. The third-order valence-corrected chi connectivity index (χ3v) is 5.58. The summed E-state index contributed by atoms with van der Waals surface area (Å²) in [5.74, 6) is 0.0213. The van der Waals surface area contributed by atoms with E-state index in [1.54, 1.807) is 6.20 Å². The number of benzene rings is 2. The van der Waals surface area contributed by atoms with Crippen molar-refractivity contribution in [1.82, 2.24) is 9.97 Å². The van der Waals surface area contributed by atoms with Gasteiger partial charge in [0.15, 0.2) is 0 Å². The van der Waals surface area contributed by atoms with E-state index >= 15 is 0 Å². The van der Waals surface area contributed by atoms with Gasteiger partial charge in [-0.3, -0.25) is 9.78 Å². The molecule has 1 aliphatic heterocycles. The summed E-state index contributed by atoms with van der Waals surface area (Å²) < 4.78 is 0. The van der Waals surface area contributed by atoms with E-state index in [0.29, 0.717) is 19.4 Å². The van der Waals surface area contributed by atoms with Gasteiger partial charge in [0, 0.05) is 13.1 Å². The normalized spacial score (nSPS) is 20.0. The maximum absolute atomic E-state index is 12.3. The van der Waals surface area contributed by atoms with Crippen LogP contribution in [-0.4, -0.2) is 34.1 Å². The lowest BCUT2D eigenvalue weighted by molar-refractivity contribution is -0.149. The Morgan fingerprint density at radius 3 is 2.67 bits per heavy atom. The van der Waals surface area contributed by atoms with Crippen LogP contribution in [-0.2, 0) is 11.2 Å². The van der Waals surface area contributed by atoms with Gasteiger partial charge in [-0.05, 0) is 49.4 Å². The molecule has 1 aromatic heterocycles. The van der Waals surface area contributed by atoms with Crippen molar-refractivity contribution >= 4 is 22.8 Å². The number of piperidine rings is 1. The minimum atomic E-state index is -0.808. The fourth-order valence-corrected chi connectivity index (χ4v) is 3.99. The number of anilines is 1. The van der Waals surface area contributed by atoms with Crippen molar-refractivity contribution in [2.45, 2.75) is 26.2 Å². The Morgan fingerprint density at radius 2 is 1.89 bits per heavy atom. The minimum Gasteiger partial charge on any atom is -0.481 e. The van der Waals surface area contributed by atoms with Gasteiger partial charge in [-0.1, -0.05) is 36.4 Å². The number of nitrogens with zero attached hydrogens (tertiary/aromatic N) is 3.